The Hall–Kier alpha value is -5.22. The van der Waals surface area contributed by atoms with Gasteiger partial charge in [0, 0.05) is 13.0 Å². The van der Waals surface area contributed by atoms with Gasteiger partial charge >= 0.3 is 0 Å². The van der Waals surface area contributed by atoms with Crippen LogP contribution in [0.3, 0.4) is 0 Å². The van der Waals surface area contributed by atoms with Crippen LogP contribution in [0.4, 0.5) is 0 Å². The molecule has 1 aliphatic rings. The van der Waals surface area contributed by atoms with Crippen molar-refractivity contribution >= 4 is 34.4 Å². The van der Waals surface area contributed by atoms with Crippen molar-refractivity contribution in [3.63, 3.8) is 0 Å². The van der Waals surface area contributed by atoms with Crippen LogP contribution in [0.25, 0.3) is 10.8 Å². The second kappa shape index (κ2) is 14.0. The molecule has 4 atom stereocenters. The van der Waals surface area contributed by atoms with Crippen molar-refractivity contribution in [2.24, 2.45) is 11.5 Å². The highest BCUT2D eigenvalue weighted by atomic mass is 16.3. The first-order valence-corrected chi connectivity index (χ1v) is 15.0. The van der Waals surface area contributed by atoms with Gasteiger partial charge in [-0.25, -0.2) is 0 Å². The summed E-state index contributed by atoms with van der Waals surface area (Å²) in [6.07, 6.45) is 1.43. The fourth-order valence-electron chi connectivity index (χ4n) is 5.84. The number of carbonyl (C=O) groups is 4. The predicted molar refractivity (Wildman–Crippen MR) is 171 cm³/mol. The molecule has 4 aromatic carbocycles. The number of hydrogen-bond donors (Lipinski definition) is 5. The summed E-state index contributed by atoms with van der Waals surface area (Å²) in [7, 11) is 0. The second-order valence-corrected chi connectivity index (χ2v) is 11.3. The van der Waals surface area contributed by atoms with Crippen LogP contribution in [-0.2, 0) is 32.0 Å². The Morgan fingerprint density at radius 1 is 0.822 bits per heavy atom. The number of fused-ring (bicyclic) bond motifs is 1. The average molecular weight is 608 g/mol. The van der Waals surface area contributed by atoms with E-state index in [1.165, 1.54) is 17.0 Å². The van der Waals surface area contributed by atoms with Crippen LogP contribution in [0.5, 0.6) is 5.75 Å². The molecule has 0 bridgehead atoms. The largest absolute Gasteiger partial charge is 0.508 e. The van der Waals surface area contributed by atoms with E-state index in [1.54, 1.807) is 24.3 Å². The average Bonchev–Trinajstić information content (AvgIpc) is 3.54. The molecule has 45 heavy (non-hydrogen) atoms. The SMILES string of the molecule is NC(=O)[C@H](Cc1ccccc1)NC(=O)[C@H](NC(=O)[C@@H]1CCCN1C(=O)[C@@H](N)Cc1ccc(O)cc1)c1cccc2ccccc12. The van der Waals surface area contributed by atoms with E-state index in [0.717, 1.165) is 21.9 Å². The van der Waals surface area contributed by atoms with Crippen molar-refractivity contribution in [3.05, 3.63) is 114 Å². The van der Waals surface area contributed by atoms with Crippen molar-refractivity contribution < 1.29 is 24.3 Å². The molecular weight excluding hydrogens is 570 g/mol. The molecule has 232 valence electrons. The maximum absolute atomic E-state index is 13.9. The van der Waals surface area contributed by atoms with E-state index >= 15 is 0 Å². The number of likely N-dealkylation sites (tertiary alicyclic amines) is 1. The highest BCUT2D eigenvalue weighted by molar-refractivity contribution is 5.98. The Morgan fingerprint density at radius 3 is 2.22 bits per heavy atom. The number of nitrogens with zero attached hydrogens (tertiary/aromatic N) is 1. The normalized spacial score (nSPS) is 16.5. The summed E-state index contributed by atoms with van der Waals surface area (Å²) in [5.41, 5.74) is 14.1. The molecule has 0 aromatic heterocycles. The van der Waals surface area contributed by atoms with Gasteiger partial charge in [-0.3, -0.25) is 19.2 Å². The van der Waals surface area contributed by atoms with Crippen molar-refractivity contribution in [3.8, 4) is 5.75 Å². The fourth-order valence-corrected chi connectivity index (χ4v) is 5.84. The number of nitrogens with one attached hydrogen (secondary N) is 2. The zero-order chi connectivity index (χ0) is 31.9. The summed E-state index contributed by atoms with van der Waals surface area (Å²) in [6, 6.07) is 24.7. The van der Waals surface area contributed by atoms with Gasteiger partial charge in [-0.15, -0.1) is 0 Å². The Labute approximate surface area is 261 Å². The van der Waals surface area contributed by atoms with Gasteiger partial charge in [-0.2, -0.15) is 0 Å². The van der Waals surface area contributed by atoms with Gasteiger partial charge in [-0.05, 0) is 58.9 Å². The molecule has 1 aliphatic heterocycles. The predicted octanol–water partition coefficient (Wildman–Crippen LogP) is 2.48. The minimum Gasteiger partial charge on any atom is -0.508 e. The first-order valence-electron chi connectivity index (χ1n) is 15.0. The fraction of sp³-hybridized carbons (Fsp3) is 0.257. The maximum atomic E-state index is 13.9. The van der Waals surface area contributed by atoms with Gasteiger partial charge < -0.3 is 32.1 Å². The molecule has 0 saturated carbocycles. The van der Waals surface area contributed by atoms with Crippen LogP contribution in [0, 0.1) is 0 Å². The lowest BCUT2D eigenvalue weighted by molar-refractivity contribution is -0.140. The smallest absolute Gasteiger partial charge is 0.247 e. The molecule has 1 saturated heterocycles. The van der Waals surface area contributed by atoms with Crippen molar-refractivity contribution in [2.75, 3.05) is 6.54 Å². The highest BCUT2D eigenvalue weighted by Crippen LogP contribution is 2.27. The summed E-state index contributed by atoms with van der Waals surface area (Å²) in [4.78, 5) is 55.1. The third-order valence-corrected chi connectivity index (χ3v) is 8.17. The number of hydrogen-bond acceptors (Lipinski definition) is 6. The molecule has 5 rings (SSSR count). The van der Waals surface area contributed by atoms with Gasteiger partial charge in [0.1, 0.15) is 23.9 Å². The number of benzene rings is 4. The Balaban J connectivity index is 1.38. The van der Waals surface area contributed by atoms with Crippen molar-refractivity contribution in [1.82, 2.24) is 15.5 Å². The third kappa shape index (κ3) is 7.47. The Bertz CT molecular complexity index is 1670. The van der Waals surface area contributed by atoms with Crippen LogP contribution in [0.2, 0.25) is 0 Å². The molecule has 4 amide bonds. The molecule has 7 N–H and O–H groups in total. The van der Waals surface area contributed by atoms with Gasteiger partial charge in [0.05, 0.1) is 6.04 Å². The van der Waals surface area contributed by atoms with Gasteiger partial charge in [0.25, 0.3) is 0 Å². The topological polar surface area (TPSA) is 168 Å². The van der Waals surface area contributed by atoms with Crippen LogP contribution in [0.1, 0.15) is 35.6 Å². The van der Waals surface area contributed by atoms with E-state index < -0.39 is 41.9 Å². The van der Waals surface area contributed by atoms with E-state index in [2.05, 4.69) is 10.6 Å². The molecule has 0 spiro atoms. The maximum Gasteiger partial charge on any atom is 0.247 e. The summed E-state index contributed by atoms with van der Waals surface area (Å²) in [6.45, 7) is 0.353. The van der Waals surface area contributed by atoms with Crippen molar-refractivity contribution in [1.29, 1.82) is 0 Å². The number of phenolic OH excluding ortho intramolecular Hbond substituents is 1. The lowest BCUT2D eigenvalue weighted by atomic mass is 9.97. The molecule has 4 aromatic rings. The molecule has 1 heterocycles. The zero-order valence-electron chi connectivity index (χ0n) is 24.8. The number of carbonyl (C=O) groups excluding carboxylic acids is 4. The Morgan fingerprint density at radius 2 is 1.49 bits per heavy atom. The van der Waals surface area contributed by atoms with Crippen molar-refractivity contribution in [2.45, 2.75) is 49.9 Å². The first kappa shape index (κ1) is 31.2. The van der Waals surface area contributed by atoms with Gasteiger partial charge in [0.2, 0.25) is 23.6 Å². The molecule has 0 unspecified atom stereocenters. The molecular formula is C35H37N5O5. The van der Waals surface area contributed by atoms with E-state index in [9.17, 15) is 24.3 Å². The summed E-state index contributed by atoms with van der Waals surface area (Å²) >= 11 is 0. The quantitative estimate of drug-likeness (QED) is 0.176. The summed E-state index contributed by atoms with van der Waals surface area (Å²) in [5, 5.41) is 16.8. The standard InChI is InChI=1S/C35H37N5O5/c36-28(20-23-15-17-25(41)18-16-23)35(45)40-19-7-14-30(40)33(43)39-31(27-13-6-11-24-10-4-5-12-26(24)27)34(44)38-29(32(37)42)21-22-8-2-1-3-9-22/h1-6,8-13,15-18,28-31,41H,7,14,19-21,36H2,(H2,37,42)(H,38,44)(H,39,43)/t28-,29-,30-,31+/m0/s1. The second-order valence-electron chi connectivity index (χ2n) is 11.3. The minimum absolute atomic E-state index is 0.113. The number of primary amides is 1. The lowest BCUT2D eigenvalue weighted by Gasteiger charge is -2.29. The van der Waals surface area contributed by atoms with Gasteiger partial charge in [0.15, 0.2) is 0 Å². The van der Waals surface area contributed by atoms with E-state index in [0.29, 0.717) is 24.9 Å². The lowest BCUT2D eigenvalue weighted by Crippen LogP contribution is -2.54. The number of rotatable bonds is 11. The number of aromatic hydroxyl groups is 1. The van der Waals surface area contributed by atoms with E-state index in [4.69, 9.17) is 11.5 Å². The third-order valence-electron chi connectivity index (χ3n) is 8.17. The van der Waals surface area contributed by atoms with Crippen LogP contribution >= 0.6 is 0 Å². The highest BCUT2D eigenvalue weighted by Gasteiger charge is 2.38. The van der Waals surface area contributed by atoms with E-state index in [1.807, 2.05) is 60.7 Å². The van der Waals surface area contributed by atoms with Crippen LogP contribution in [-0.4, -0.2) is 58.3 Å². The van der Waals surface area contributed by atoms with Crippen LogP contribution < -0.4 is 22.1 Å². The summed E-state index contributed by atoms with van der Waals surface area (Å²) < 4.78 is 0. The molecule has 10 heteroatoms. The van der Waals surface area contributed by atoms with Crippen LogP contribution in [0.15, 0.2) is 97.1 Å². The zero-order valence-corrected chi connectivity index (χ0v) is 24.8. The molecule has 0 aliphatic carbocycles. The Kier molecular flexibility index (Phi) is 9.74. The monoisotopic (exact) mass is 607 g/mol. The summed E-state index contributed by atoms with van der Waals surface area (Å²) in [5.74, 6) is -2.06. The first-order chi connectivity index (χ1) is 21.7. The number of amides is 4. The van der Waals surface area contributed by atoms with E-state index in [-0.39, 0.29) is 24.5 Å². The number of phenols is 1. The molecule has 0 radical (unpaired) electrons. The number of nitrogens with two attached hydrogens (primary N) is 2. The molecule has 10 nitrogen and oxygen atoms in total. The minimum atomic E-state index is -1.18. The molecule has 1 fully saturated rings. The van der Waals surface area contributed by atoms with Gasteiger partial charge in [-0.1, -0.05) is 84.9 Å².